The van der Waals surface area contributed by atoms with Gasteiger partial charge in [-0.1, -0.05) is 0 Å². The van der Waals surface area contributed by atoms with Gasteiger partial charge < -0.3 is 20.5 Å². The Morgan fingerprint density at radius 1 is 1.47 bits per heavy atom. The van der Waals surface area contributed by atoms with E-state index in [1.54, 1.807) is 6.92 Å². The number of nitrogens with two attached hydrogens (primary N) is 1. The molecule has 0 fully saturated rings. The van der Waals surface area contributed by atoms with Crippen molar-refractivity contribution in [3.8, 4) is 6.07 Å². The number of thiophene rings is 1. The molecule has 0 aliphatic carbocycles. The van der Waals surface area contributed by atoms with Crippen molar-refractivity contribution < 1.29 is 14.3 Å². The summed E-state index contributed by atoms with van der Waals surface area (Å²) in [7, 11) is 0. The smallest absolute Gasteiger partial charge is 0.343 e. The first kappa shape index (κ1) is 15.3. The zero-order valence-electron chi connectivity index (χ0n) is 11.0. The fraction of sp³-hybridized carbons (Fsp3) is 0.500. The Labute approximate surface area is 116 Å². The minimum absolute atomic E-state index is 0.171. The molecule has 1 aromatic heterocycles. The Hall–Kier alpha value is -1.78. The first-order valence-corrected chi connectivity index (χ1v) is 6.78. The van der Waals surface area contributed by atoms with Gasteiger partial charge in [-0.05, 0) is 13.8 Å². The van der Waals surface area contributed by atoms with E-state index in [1.807, 2.05) is 13.0 Å². The predicted molar refractivity (Wildman–Crippen MR) is 74.4 cm³/mol. The fourth-order valence-corrected chi connectivity index (χ4v) is 2.37. The van der Waals surface area contributed by atoms with Crippen molar-refractivity contribution in [2.45, 2.75) is 13.8 Å². The summed E-state index contributed by atoms with van der Waals surface area (Å²) in [6.45, 7) is 5.55. The van der Waals surface area contributed by atoms with Crippen molar-refractivity contribution in [3.63, 3.8) is 0 Å². The lowest BCUT2D eigenvalue weighted by molar-refractivity contribution is 0.0529. The summed E-state index contributed by atoms with van der Waals surface area (Å²) in [5.74, 6) is -0.517. The molecule has 6 nitrogen and oxygen atoms in total. The van der Waals surface area contributed by atoms with Crippen molar-refractivity contribution >= 4 is 28.0 Å². The van der Waals surface area contributed by atoms with Crippen LogP contribution >= 0.6 is 11.3 Å². The highest BCUT2D eigenvalue weighted by molar-refractivity contribution is 7.17. The molecule has 0 amide bonds. The third-order valence-electron chi connectivity index (χ3n) is 2.26. The van der Waals surface area contributed by atoms with Gasteiger partial charge in [0.05, 0.1) is 18.9 Å². The van der Waals surface area contributed by atoms with Crippen LogP contribution in [-0.2, 0) is 9.47 Å². The van der Waals surface area contributed by atoms with Gasteiger partial charge in [-0.3, -0.25) is 0 Å². The van der Waals surface area contributed by atoms with Crippen LogP contribution in [-0.4, -0.2) is 32.3 Å². The molecule has 0 aromatic carbocycles. The number of nitrogen functional groups attached to an aromatic ring is 1. The highest BCUT2D eigenvalue weighted by Crippen LogP contribution is 2.35. The molecular weight excluding hydrogens is 266 g/mol. The lowest BCUT2D eigenvalue weighted by atomic mass is 10.2. The van der Waals surface area contributed by atoms with Crippen LogP contribution in [0.1, 0.15) is 29.1 Å². The van der Waals surface area contributed by atoms with E-state index in [0.717, 1.165) is 11.3 Å². The Balaban J connectivity index is 2.89. The van der Waals surface area contributed by atoms with Gasteiger partial charge in [0, 0.05) is 13.2 Å². The topological polar surface area (TPSA) is 97.4 Å². The number of esters is 1. The summed E-state index contributed by atoms with van der Waals surface area (Å²) >= 11 is 1.14. The maximum absolute atomic E-state index is 11.8. The quantitative estimate of drug-likeness (QED) is 0.585. The summed E-state index contributed by atoms with van der Waals surface area (Å²) in [5, 5.41) is 12.5. The first-order chi connectivity index (χ1) is 9.15. The van der Waals surface area contributed by atoms with Crippen LogP contribution in [0.4, 0.5) is 10.7 Å². The minimum Gasteiger partial charge on any atom is -0.462 e. The highest BCUT2D eigenvalue weighted by atomic mass is 32.1. The first-order valence-electron chi connectivity index (χ1n) is 5.96. The molecule has 19 heavy (non-hydrogen) atoms. The van der Waals surface area contributed by atoms with Crippen LogP contribution in [0.2, 0.25) is 0 Å². The van der Waals surface area contributed by atoms with Crippen LogP contribution in [0.15, 0.2) is 0 Å². The molecule has 0 aliphatic heterocycles. The molecule has 7 heteroatoms. The van der Waals surface area contributed by atoms with Crippen LogP contribution in [0, 0.1) is 11.3 Å². The minimum atomic E-state index is -0.517. The molecule has 0 saturated heterocycles. The van der Waals surface area contributed by atoms with Crippen molar-refractivity contribution in [1.29, 1.82) is 5.26 Å². The van der Waals surface area contributed by atoms with Gasteiger partial charge in [0.1, 0.15) is 21.5 Å². The van der Waals surface area contributed by atoms with Crippen molar-refractivity contribution in [3.05, 3.63) is 10.4 Å². The summed E-state index contributed by atoms with van der Waals surface area (Å²) in [4.78, 5) is 12.1. The van der Waals surface area contributed by atoms with Crippen LogP contribution < -0.4 is 11.1 Å². The van der Waals surface area contributed by atoms with Crippen LogP contribution in [0.25, 0.3) is 0 Å². The normalized spacial score (nSPS) is 9.95. The van der Waals surface area contributed by atoms with Gasteiger partial charge in [0.15, 0.2) is 0 Å². The number of nitrogens with zero attached hydrogens (tertiary/aromatic N) is 1. The number of nitrogens with one attached hydrogen (secondary N) is 1. The number of hydrogen-bond acceptors (Lipinski definition) is 7. The van der Waals surface area contributed by atoms with Gasteiger partial charge in [-0.25, -0.2) is 4.79 Å². The molecule has 0 spiro atoms. The number of rotatable bonds is 7. The summed E-state index contributed by atoms with van der Waals surface area (Å²) < 4.78 is 10.1. The van der Waals surface area contributed by atoms with E-state index >= 15 is 0 Å². The summed E-state index contributed by atoms with van der Waals surface area (Å²) in [6, 6.07) is 1.97. The molecular formula is C12H17N3O3S. The molecule has 0 bridgehead atoms. The number of anilines is 2. The molecule has 3 N–H and O–H groups in total. The van der Waals surface area contributed by atoms with Gasteiger partial charge in [0.2, 0.25) is 0 Å². The molecule has 0 atom stereocenters. The van der Waals surface area contributed by atoms with E-state index in [0.29, 0.717) is 29.6 Å². The fourth-order valence-electron chi connectivity index (χ4n) is 1.44. The van der Waals surface area contributed by atoms with E-state index in [1.165, 1.54) is 0 Å². The van der Waals surface area contributed by atoms with Gasteiger partial charge in [-0.2, -0.15) is 5.26 Å². The van der Waals surface area contributed by atoms with Crippen molar-refractivity contribution in [1.82, 2.24) is 0 Å². The maximum atomic E-state index is 11.8. The van der Waals surface area contributed by atoms with E-state index in [-0.39, 0.29) is 17.9 Å². The van der Waals surface area contributed by atoms with Crippen molar-refractivity contribution in [2.24, 2.45) is 0 Å². The second-order valence-electron chi connectivity index (χ2n) is 3.50. The second kappa shape index (κ2) is 7.61. The number of carbonyl (C=O) groups is 1. The maximum Gasteiger partial charge on any atom is 0.343 e. The van der Waals surface area contributed by atoms with Gasteiger partial charge in [0.25, 0.3) is 0 Å². The third-order valence-corrected chi connectivity index (χ3v) is 3.33. The highest BCUT2D eigenvalue weighted by Gasteiger charge is 2.22. The lowest BCUT2D eigenvalue weighted by Crippen LogP contribution is -2.13. The second-order valence-corrected chi connectivity index (χ2v) is 4.53. The monoisotopic (exact) mass is 283 g/mol. The van der Waals surface area contributed by atoms with Gasteiger partial charge in [-0.15, -0.1) is 11.3 Å². The zero-order valence-corrected chi connectivity index (χ0v) is 11.8. The number of ether oxygens (including phenoxy) is 2. The summed E-state index contributed by atoms with van der Waals surface area (Å²) in [5.41, 5.74) is 6.20. The Morgan fingerprint density at radius 3 is 2.79 bits per heavy atom. The molecule has 0 unspecified atom stereocenters. The Morgan fingerprint density at radius 2 is 2.21 bits per heavy atom. The molecule has 104 valence electrons. The van der Waals surface area contributed by atoms with Crippen LogP contribution in [0.3, 0.4) is 0 Å². The lowest BCUT2D eigenvalue weighted by Gasteiger charge is -2.07. The van der Waals surface area contributed by atoms with E-state index in [2.05, 4.69) is 5.32 Å². The van der Waals surface area contributed by atoms with E-state index < -0.39 is 5.97 Å². The van der Waals surface area contributed by atoms with Crippen LogP contribution in [0.5, 0.6) is 0 Å². The SMILES string of the molecule is CCOCCNc1sc(C#N)c(N)c1C(=O)OCC. The third kappa shape index (κ3) is 3.84. The number of nitriles is 1. The molecule has 1 heterocycles. The zero-order chi connectivity index (χ0) is 14.3. The number of carbonyl (C=O) groups excluding carboxylic acids is 1. The average Bonchev–Trinajstić information content (AvgIpc) is 2.71. The van der Waals surface area contributed by atoms with E-state index in [4.69, 9.17) is 20.5 Å². The van der Waals surface area contributed by atoms with Crippen molar-refractivity contribution in [2.75, 3.05) is 37.4 Å². The molecule has 0 saturated carbocycles. The average molecular weight is 283 g/mol. The molecule has 1 aromatic rings. The molecule has 1 rings (SSSR count). The molecule has 0 aliphatic rings. The Kier molecular flexibility index (Phi) is 6.12. The predicted octanol–water partition coefficient (Wildman–Crippen LogP) is 1.83. The summed E-state index contributed by atoms with van der Waals surface area (Å²) in [6.07, 6.45) is 0. The van der Waals surface area contributed by atoms with E-state index in [9.17, 15) is 4.79 Å². The number of hydrogen-bond donors (Lipinski definition) is 2. The largest absolute Gasteiger partial charge is 0.462 e. The standard InChI is InChI=1S/C12H17N3O3S/c1-3-17-6-5-15-11-9(12(16)18-4-2)10(14)8(7-13)19-11/h15H,3-6,14H2,1-2H3. The Bertz CT molecular complexity index is 479. The molecule has 0 radical (unpaired) electrons. The van der Waals surface area contributed by atoms with Gasteiger partial charge >= 0.3 is 5.97 Å².